The first-order chi connectivity index (χ1) is 10.6. The maximum absolute atomic E-state index is 10.8. The number of hydrogen-bond acceptors (Lipinski definition) is 5. The van der Waals surface area contributed by atoms with Crippen LogP contribution in [0.5, 0.6) is 17.2 Å². The van der Waals surface area contributed by atoms with Gasteiger partial charge in [-0.25, -0.2) is 10.2 Å². The van der Waals surface area contributed by atoms with Crippen LogP contribution >= 0.6 is 0 Å². The van der Waals surface area contributed by atoms with E-state index in [1.807, 2.05) is 6.07 Å². The topological polar surface area (TPSA) is 95.2 Å². The van der Waals surface area contributed by atoms with Crippen LogP contribution in [0, 0.1) is 0 Å². The van der Waals surface area contributed by atoms with Crippen molar-refractivity contribution >= 4 is 11.7 Å². The summed E-state index contributed by atoms with van der Waals surface area (Å²) in [5, 5.41) is 4.08. The number of carbonyl (C=O) groups excluding carboxylic acids is 1. The molecule has 0 saturated carbocycles. The lowest BCUT2D eigenvalue weighted by molar-refractivity contribution is 0.249. The van der Waals surface area contributed by atoms with Crippen LogP contribution in [0.3, 0.4) is 0 Å². The number of carbonyl (C=O) groups is 1. The van der Waals surface area contributed by atoms with E-state index < -0.39 is 6.03 Å². The molecule has 22 heavy (non-hydrogen) atoms. The maximum Gasteiger partial charge on any atom is 0.332 e. The number of hydrazone groups is 1. The quantitative estimate of drug-likeness (QED) is 0.652. The summed E-state index contributed by atoms with van der Waals surface area (Å²) in [5.74, 6) is 1.85. The molecule has 1 aliphatic rings. The van der Waals surface area contributed by atoms with Gasteiger partial charge >= 0.3 is 6.03 Å². The van der Waals surface area contributed by atoms with E-state index in [4.69, 9.17) is 19.9 Å². The zero-order valence-electron chi connectivity index (χ0n) is 13.1. The number of primary amides is 1. The molecule has 0 saturated heterocycles. The molecular formula is C15H21N3O4. The Labute approximate surface area is 129 Å². The molecule has 2 rings (SSSR count). The number of ether oxygens (including phenoxy) is 3. The van der Waals surface area contributed by atoms with Gasteiger partial charge in [-0.3, -0.25) is 0 Å². The highest BCUT2D eigenvalue weighted by Gasteiger charge is 2.23. The molecule has 0 unspecified atom stereocenters. The predicted octanol–water partition coefficient (Wildman–Crippen LogP) is 1.62. The van der Waals surface area contributed by atoms with Crippen molar-refractivity contribution in [2.45, 2.75) is 25.7 Å². The molecule has 7 nitrogen and oxygen atoms in total. The standard InChI is InChI=1S/C15H21N3O4/c1-20-12-7-9-5-4-6-10(17-18-15(16)19)8-11(9)13(21-2)14(12)22-3/h7H,4-6,8H2,1-3H3,(H3,16,18,19)/b17-10+. The second-order valence-corrected chi connectivity index (χ2v) is 4.97. The minimum atomic E-state index is -0.670. The highest BCUT2D eigenvalue weighted by Crippen LogP contribution is 2.43. The summed E-state index contributed by atoms with van der Waals surface area (Å²) >= 11 is 0. The molecule has 0 heterocycles. The molecule has 2 amide bonds. The molecule has 120 valence electrons. The fourth-order valence-electron chi connectivity index (χ4n) is 2.69. The Hall–Kier alpha value is -2.44. The Kier molecular flexibility index (Phi) is 5.08. The van der Waals surface area contributed by atoms with Gasteiger partial charge in [-0.2, -0.15) is 5.10 Å². The number of nitrogens with two attached hydrogens (primary N) is 1. The highest BCUT2D eigenvalue weighted by molar-refractivity contribution is 5.89. The Morgan fingerprint density at radius 2 is 1.91 bits per heavy atom. The minimum absolute atomic E-state index is 0.563. The van der Waals surface area contributed by atoms with E-state index in [-0.39, 0.29) is 0 Å². The summed E-state index contributed by atoms with van der Waals surface area (Å²) < 4.78 is 16.3. The third-order valence-corrected chi connectivity index (χ3v) is 3.64. The van der Waals surface area contributed by atoms with Gasteiger partial charge in [0.1, 0.15) is 0 Å². The minimum Gasteiger partial charge on any atom is -0.493 e. The van der Waals surface area contributed by atoms with Gasteiger partial charge in [-0.05, 0) is 30.9 Å². The Balaban J connectivity index is 2.47. The smallest absolute Gasteiger partial charge is 0.332 e. The summed E-state index contributed by atoms with van der Waals surface area (Å²) in [4.78, 5) is 10.8. The zero-order valence-corrected chi connectivity index (χ0v) is 13.1. The third-order valence-electron chi connectivity index (χ3n) is 3.64. The normalized spacial score (nSPS) is 15.7. The molecule has 0 fully saturated rings. The molecule has 0 atom stereocenters. The van der Waals surface area contributed by atoms with Crippen LogP contribution in [0.4, 0.5) is 4.79 Å². The van der Waals surface area contributed by atoms with Gasteiger partial charge in [-0.1, -0.05) is 0 Å². The number of urea groups is 1. The highest BCUT2D eigenvalue weighted by atomic mass is 16.5. The maximum atomic E-state index is 10.8. The average Bonchev–Trinajstić information content (AvgIpc) is 2.72. The van der Waals surface area contributed by atoms with Crippen molar-refractivity contribution in [3.63, 3.8) is 0 Å². The van der Waals surface area contributed by atoms with Gasteiger partial charge in [0.2, 0.25) is 5.75 Å². The van der Waals surface area contributed by atoms with E-state index in [1.54, 1.807) is 21.3 Å². The monoisotopic (exact) mass is 307 g/mol. The van der Waals surface area contributed by atoms with Crippen LogP contribution in [0.15, 0.2) is 11.2 Å². The van der Waals surface area contributed by atoms with E-state index in [9.17, 15) is 4.79 Å². The third kappa shape index (κ3) is 3.24. The van der Waals surface area contributed by atoms with Crippen molar-refractivity contribution < 1.29 is 19.0 Å². The van der Waals surface area contributed by atoms with Gasteiger partial charge < -0.3 is 19.9 Å². The largest absolute Gasteiger partial charge is 0.493 e. The second kappa shape index (κ2) is 7.02. The first-order valence-corrected chi connectivity index (χ1v) is 7.02. The zero-order chi connectivity index (χ0) is 16.1. The van der Waals surface area contributed by atoms with Gasteiger partial charge in [0.05, 0.1) is 21.3 Å². The van der Waals surface area contributed by atoms with Gasteiger partial charge in [0, 0.05) is 17.7 Å². The number of nitrogens with one attached hydrogen (secondary N) is 1. The van der Waals surface area contributed by atoms with E-state index in [0.717, 1.165) is 36.1 Å². The fourth-order valence-corrected chi connectivity index (χ4v) is 2.69. The van der Waals surface area contributed by atoms with Gasteiger partial charge in [-0.15, -0.1) is 0 Å². The van der Waals surface area contributed by atoms with Gasteiger partial charge in [0.25, 0.3) is 0 Å². The van der Waals surface area contributed by atoms with Crippen molar-refractivity contribution in [2.24, 2.45) is 10.8 Å². The number of benzene rings is 1. The first-order valence-electron chi connectivity index (χ1n) is 7.02. The fraction of sp³-hybridized carbons (Fsp3) is 0.467. The predicted molar refractivity (Wildman–Crippen MR) is 82.9 cm³/mol. The number of aryl methyl sites for hydroxylation is 1. The van der Waals surface area contributed by atoms with E-state index in [1.165, 1.54) is 0 Å². The number of hydrogen-bond donors (Lipinski definition) is 2. The molecule has 0 bridgehead atoms. The van der Waals surface area contributed by atoms with E-state index in [0.29, 0.717) is 23.7 Å². The molecule has 0 radical (unpaired) electrons. The molecule has 3 N–H and O–H groups in total. The molecule has 0 spiro atoms. The number of amides is 2. The van der Waals surface area contributed by atoms with Crippen molar-refractivity contribution in [2.75, 3.05) is 21.3 Å². The Bertz CT molecular complexity index is 599. The first kappa shape index (κ1) is 15.9. The number of rotatable bonds is 4. The summed E-state index contributed by atoms with van der Waals surface area (Å²) in [5.41, 5.74) is 10.3. The molecule has 1 aliphatic carbocycles. The average molecular weight is 307 g/mol. The molecular weight excluding hydrogens is 286 g/mol. The number of nitrogens with zero attached hydrogens (tertiary/aromatic N) is 1. The van der Waals surface area contributed by atoms with Crippen LogP contribution in [0.1, 0.15) is 24.0 Å². The van der Waals surface area contributed by atoms with Crippen molar-refractivity contribution in [3.8, 4) is 17.2 Å². The SMILES string of the molecule is COc1cc2c(c(OC)c1OC)C/C(=N/NC(N)=O)CCC2. The summed E-state index contributed by atoms with van der Waals surface area (Å²) in [6.45, 7) is 0. The molecule has 1 aromatic carbocycles. The Morgan fingerprint density at radius 1 is 1.18 bits per heavy atom. The van der Waals surface area contributed by atoms with Crippen LogP contribution in [0.25, 0.3) is 0 Å². The Morgan fingerprint density at radius 3 is 2.50 bits per heavy atom. The van der Waals surface area contributed by atoms with E-state index in [2.05, 4.69) is 10.5 Å². The van der Waals surface area contributed by atoms with E-state index >= 15 is 0 Å². The van der Waals surface area contributed by atoms with Crippen LogP contribution < -0.4 is 25.4 Å². The van der Waals surface area contributed by atoms with Crippen LogP contribution in [-0.4, -0.2) is 33.1 Å². The molecule has 0 aromatic heterocycles. The summed E-state index contributed by atoms with van der Waals surface area (Å²) in [6.07, 6.45) is 3.15. The van der Waals surface area contributed by atoms with Gasteiger partial charge in [0.15, 0.2) is 11.5 Å². The molecule has 1 aromatic rings. The summed E-state index contributed by atoms with van der Waals surface area (Å²) in [7, 11) is 4.78. The molecule has 7 heteroatoms. The van der Waals surface area contributed by atoms with Crippen molar-refractivity contribution in [3.05, 3.63) is 17.2 Å². The lowest BCUT2D eigenvalue weighted by Gasteiger charge is -2.18. The van der Waals surface area contributed by atoms with Crippen LogP contribution in [0.2, 0.25) is 0 Å². The lowest BCUT2D eigenvalue weighted by atomic mass is 10.00. The van der Waals surface area contributed by atoms with Crippen molar-refractivity contribution in [1.82, 2.24) is 5.43 Å². The lowest BCUT2D eigenvalue weighted by Crippen LogP contribution is -2.26. The van der Waals surface area contributed by atoms with Crippen LogP contribution in [-0.2, 0) is 12.8 Å². The number of fused-ring (bicyclic) bond motifs is 1. The number of methoxy groups -OCH3 is 3. The molecule has 0 aliphatic heterocycles. The summed E-state index contributed by atoms with van der Waals surface area (Å²) in [6, 6.07) is 1.30. The second-order valence-electron chi connectivity index (χ2n) is 4.97. The van der Waals surface area contributed by atoms with Crippen molar-refractivity contribution in [1.29, 1.82) is 0 Å².